The summed E-state index contributed by atoms with van der Waals surface area (Å²) in [5.41, 5.74) is 0.820. The lowest BCUT2D eigenvalue weighted by Crippen LogP contribution is -2.50. The lowest BCUT2D eigenvalue weighted by molar-refractivity contribution is 0.0944. The van der Waals surface area contributed by atoms with Crippen LogP contribution in [0.25, 0.3) is 0 Å². The van der Waals surface area contributed by atoms with Crippen LogP contribution in [0.4, 0.5) is 14.5 Å². The number of hydrogen-bond donors (Lipinski definition) is 1. The minimum absolute atomic E-state index is 0.0196. The van der Waals surface area contributed by atoms with Gasteiger partial charge in [-0.05, 0) is 42.7 Å². The Labute approximate surface area is 172 Å². The van der Waals surface area contributed by atoms with E-state index in [9.17, 15) is 13.6 Å². The van der Waals surface area contributed by atoms with Crippen LogP contribution in [0.5, 0.6) is 0 Å². The van der Waals surface area contributed by atoms with E-state index in [4.69, 9.17) is 0 Å². The number of halogens is 2. The molecule has 3 rings (SSSR count). The molecule has 29 heavy (non-hydrogen) atoms. The third-order valence-electron chi connectivity index (χ3n) is 7.03. The molecular formula is C22H34F2N4O. The van der Waals surface area contributed by atoms with Gasteiger partial charge in [-0.15, -0.1) is 0 Å². The highest BCUT2D eigenvalue weighted by Gasteiger charge is 2.37. The van der Waals surface area contributed by atoms with Gasteiger partial charge in [0.1, 0.15) is 12.4 Å². The van der Waals surface area contributed by atoms with E-state index < -0.39 is 18.5 Å². The molecule has 2 heterocycles. The zero-order valence-electron chi connectivity index (χ0n) is 17.9. The summed E-state index contributed by atoms with van der Waals surface area (Å²) >= 11 is 0. The molecule has 0 aromatic carbocycles. The molecule has 7 heteroatoms. The SMILES string of the molecule is CCC(C)(C)C1CCC(N2CCN(c3ccc(C(=O)NCCF)nc3F)CC2)C1. The van der Waals surface area contributed by atoms with Gasteiger partial charge in [-0.2, -0.15) is 4.39 Å². The van der Waals surface area contributed by atoms with Gasteiger partial charge in [0.15, 0.2) is 0 Å². The number of nitrogens with zero attached hydrogens (tertiary/aromatic N) is 3. The third-order valence-corrected chi connectivity index (χ3v) is 7.03. The van der Waals surface area contributed by atoms with E-state index in [1.54, 1.807) is 6.07 Å². The molecule has 5 nitrogen and oxygen atoms in total. The lowest BCUT2D eigenvalue weighted by atomic mass is 9.76. The van der Waals surface area contributed by atoms with Crippen LogP contribution in [0.3, 0.4) is 0 Å². The lowest BCUT2D eigenvalue weighted by Gasteiger charge is -2.39. The molecule has 0 spiro atoms. The summed E-state index contributed by atoms with van der Waals surface area (Å²) in [7, 11) is 0. The van der Waals surface area contributed by atoms with E-state index >= 15 is 0 Å². The number of aromatic nitrogens is 1. The topological polar surface area (TPSA) is 48.5 Å². The molecule has 2 aliphatic rings. The van der Waals surface area contributed by atoms with E-state index in [0.717, 1.165) is 32.1 Å². The smallest absolute Gasteiger partial charge is 0.270 e. The average molecular weight is 409 g/mol. The number of alkyl halides is 1. The fraction of sp³-hybridized carbons (Fsp3) is 0.727. The molecule has 162 valence electrons. The van der Waals surface area contributed by atoms with Gasteiger partial charge < -0.3 is 10.2 Å². The second-order valence-electron chi connectivity index (χ2n) is 8.98. The van der Waals surface area contributed by atoms with Crippen molar-refractivity contribution in [3.8, 4) is 0 Å². The number of anilines is 1. The molecule has 2 unspecified atom stereocenters. The van der Waals surface area contributed by atoms with Gasteiger partial charge >= 0.3 is 0 Å². The number of carbonyl (C=O) groups is 1. The third kappa shape index (κ3) is 5.05. The summed E-state index contributed by atoms with van der Waals surface area (Å²) in [6.07, 6.45) is 5.04. The molecule has 1 amide bonds. The van der Waals surface area contributed by atoms with Crippen molar-refractivity contribution in [2.45, 2.75) is 52.5 Å². The zero-order valence-corrected chi connectivity index (χ0v) is 17.9. The van der Waals surface area contributed by atoms with Gasteiger partial charge in [0.05, 0.1) is 5.69 Å². The Morgan fingerprint density at radius 1 is 1.24 bits per heavy atom. The quantitative estimate of drug-likeness (QED) is 0.700. The number of carbonyl (C=O) groups excluding carboxylic acids is 1. The summed E-state index contributed by atoms with van der Waals surface area (Å²) in [5, 5.41) is 2.37. The van der Waals surface area contributed by atoms with Crippen LogP contribution in [-0.4, -0.2) is 61.2 Å². The maximum atomic E-state index is 14.5. The fourth-order valence-corrected chi connectivity index (χ4v) is 4.66. The summed E-state index contributed by atoms with van der Waals surface area (Å²) < 4.78 is 26.7. The summed E-state index contributed by atoms with van der Waals surface area (Å²) in [6.45, 7) is 9.64. The van der Waals surface area contributed by atoms with Crippen molar-refractivity contribution in [2.75, 3.05) is 44.3 Å². The van der Waals surface area contributed by atoms with Gasteiger partial charge in [0.25, 0.3) is 5.91 Å². The number of rotatable bonds is 7. The molecule has 1 saturated carbocycles. The normalized spacial score (nSPS) is 23.4. The molecule has 1 N–H and O–H groups in total. The van der Waals surface area contributed by atoms with Crippen LogP contribution in [0.2, 0.25) is 0 Å². The average Bonchev–Trinajstić information content (AvgIpc) is 3.23. The standard InChI is InChI=1S/C22H34F2N4O/c1-4-22(2,3)16-5-6-17(15-16)27-11-13-28(14-12-27)19-8-7-18(26-20(19)24)21(29)25-10-9-23/h7-8,16-17H,4-6,9-15H2,1-3H3,(H,25,29). The summed E-state index contributed by atoms with van der Waals surface area (Å²) in [6, 6.07) is 3.75. The molecule has 2 fully saturated rings. The highest BCUT2D eigenvalue weighted by molar-refractivity contribution is 5.92. The number of nitrogens with one attached hydrogen (secondary N) is 1. The maximum Gasteiger partial charge on any atom is 0.270 e. The first-order valence-electron chi connectivity index (χ1n) is 10.9. The van der Waals surface area contributed by atoms with Gasteiger partial charge in [0, 0.05) is 38.8 Å². The Bertz CT molecular complexity index is 704. The molecule has 1 aliphatic heterocycles. The van der Waals surface area contributed by atoms with Crippen molar-refractivity contribution in [2.24, 2.45) is 11.3 Å². The molecule has 1 saturated heterocycles. The predicted octanol–water partition coefficient (Wildman–Crippen LogP) is 3.65. The van der Waals surface area contributed by atoms with E-state index in [0.29, 0.717) is 17.1 Å². The summed E-state index contributed by atoms with van der Waals surface area (Å²) in [5.74, 6) is -0.408. The first-order chi connectivity index (χ1) is 13.9. The number of pyridine rings is 1. The number of amides is 1. The van der Waals surface area contributed by atoms with Gasteiger partial charge in [-0.1, -0.05) is 27.2 Å². The van der Waals surface area contributed by atoms with E-state index in [1.807, 2.05) is 4.90 Å². The predicted molar refractivity (Wildman–Crippen MR) is 111 cm³/mol. The highest BCUT2D eigenvalue weighted by Crippen LogP contribution is 2.43. The van der Waals surface area contributed by atoms with Crippen molar-refractivity contribution < 1.29 is 13.6 Å². The van der Waals surface area contributed by atoms with E-state index in [2.05, 4.69) is 36.0 Å². The maximum absolute atomic E-state index is 14.5. The Morgan fingerprint density at radius 2 is 1.97 bits per heavy atom. The Balaban J connectivity index is 1.55. The molecule has 1 aromatic rings. The van der Waals surface area contributed by atoms with Crippen LogP contribution in [-0.2, 0) is 0 Å². The minimum Gasteiger partial charge on any atom is -0.365 e. The molecular weight excluding hydrogens is 374 g/mol. The van der Waals surface area contributed by atoms with Crippen molar-refractivity contribution in [1.82, 2.24) is 15.2 Å². The van der Waals surface area contributed by atoms with Gasteiger partial charge in [-0.25, -0.2) is 9.37 Å². The highest BCUT2D eigenvalue weighted by atomic mass is 19.1. The van der Waals surface area contributed by atoms with Crippen molar-refractivity contribution in [3.63, 3.8) is 0 Å². The van der Waals surface area contributed by atoms with Crippen molar-refractivity contribution in [3.05, 3.63) is 23.8 Å². The first kappa shape index (κ1) is 21.9. The van der Waals surface area contributed by atoms with E-state index in [1.165, 1.54) is 31.7 Å². The zero-order chi connectivity index (χ0) is 21.0. The molecule has 1 aliphatic carbocycles. The van der Waals surface area contributed by atoms with Crippen LogP contribution >= 0.6 is 0 Å². The first-order valence-corrected chi connectivity index (χ1v) is 10.9. The van der Waals surface area contributed by atoms with Gasteiger partial charge in [-0.3, -0.25) is 9.69 Å². The minimum atomic E-state index is -0.658. The van der Waals surface area contributed by atoms with Gasteiger partial charge in [0.2, 0.25) is 5.95 Å². The molecule has 0 radical (unpaired) electrons. The van der Waals surface area contributed by atoms with E-state index in [-0.39, 0.29) is 12.2 Å². The second-order valence-corrected chi connectivity index (χ2v) is 8.98. The van der Waals surface area contributed by atoms with Crippen LogP contribution in [0, 0.1) is 17.3 Å². The Kier molecular flexibility index (Phi) is 7.09. The summed E-state index contributed by atoms with van der Waals surface area (Å²) in [4.78, 5) is 20.2. The fourth-order valence-electron chi connectivity index (χ4n) is 4.66. The van der Waals surface area contributed by atoms with Crippen molar-refractivity contribution in [1.29, 1.82) is 0 Å². The van der Waals surface area contributed by atoms with Crippen LogP contribution in [0.1, 0.15) is 56.9 Å². The number of piperazine rings is 1. The van der Waals surface area contributed by atoms with Crippen molar-refractivity contribution >= 4 is 11.6 Å². The van der Waals surface area contributed by atoms with Crippen LogP contribution < -0.4 is 10.2 Å². The monoisotopic (exact) mass is 408 g/mol. The molecule has 0 bridgehead atoms. The number of hydrogen-bond acceptors (Lipinski definition) is 4. The Morgan fingerprint density at radius 3 is 2.59 bits per heavy atom. The largest absolute Gasteiger partial charge is 0.365 e. The second kappa shape index (κ2) is 9.37. The Hall–Kier alpha value is -1.76. The molecule has 1 aromatic heterocycles. The van der Waals surface area contributed by atoms with Crippen LogP contribution in [0.15, 0.2) is 12.1 Å². The molecule has 2 atom stereocenters.